The molecular formula is C24H26ClN3O. The van der Waals surface area contributed by atoms with Crippen LogP contribution >= 0.6 is 11.6 Å². The molecule has 0 radical (unpaired) electrons. The van der Waals surface area contributed by atoms with E-state index in [1.807, 2.05) is 30.3 Å². The molecule has 29 heavy (non-hydrogen) atoms. The van der Waals surface area contributed by atoms with Crippen molar-refractivity contribution in [2.24, 2.45) is 5.16 Å². The number of halogens is 1. The van der Waals surface area contributed by atoms with Crippen molar-refractivity contribution in [1.29, 1.82) is 0 Å². The number of benzene rings is 2. The first kappa shape index (κ1) is 19.8. The first-order valence-electron chi connectivity index (χ1n) is 10.1. The molecule has 0 saturated carbocycles. The Balaban J connectivity index is 1.29. The van der Waals surface area contributed by atoms with E-state index in [2.05, 4.69) is 51.9 Å². The standard InChI is InChI=1S/C24H26ClN3O/c1-19-5-7-21(8-6-19)18-27-13-15-28(16-14-27)24-4-2-3-23(26-29-24)17-20-9-11-22(25)12-10-20/h2,5-12H,3,13-18H2,1H3. The molecule has 0 unspecified atom stereocenters. The number of aryl methyl sites for hydroxylation is 1. The van der Waals surface area contributed by atoms with Gasteiger partial charge in [0.15, 0.2) is 0 Å². The van der Waals surface area contributed by atoms with Gasteiger partial charge in [-0.25, -0.2) is 0 Å². The van der Waals surface area contributed by atoms with Crippen molar-refractivity contribution >= 4 is 17.3 Å². The van der Waals surface area contributed by atoms with Crippen LogP contribution in [0.2, 0.25) is 5.02 Å². The maximum absolute atomic E-state index is 5.96. The van der Waals surface area contributed by atoms with Gasteiger partial charge in [0.25, 0.3) is 5.88 Å². The fraction of sp³-hybridized carbons (Fsp3) is 0.333. The summed E-state index contributed by atoms with van der Waals surface area (Å²) in [5.74, 6) is 0.728. The molecule has 2 aliphatic rings. The van der Waals surface area contributed by atoms with Crippen LogP contribution in [0.5, 0.6) is 0 Å². The molecule has 2 aromatic carbocycles. The number of piperazine rings is 1. The van der Waals surface area contributed by atoms with Crippen LogP contribution in [0, 0.1) is 6.92 Å². The molecule has 150 valence electrons. The summed E-state index contributed by atoms with van der Waals surface area (Å²) in [4.78, 5) is 10.5. The topological polar surface area (TPSA) is 28.1 Å². The van der Waals surface area contributed by atoms with Crippen LogP contribution < -0.4 is 0 Å². The number of allylic oxidation sites excluding steroid dienone is 1. The Bertz CT molecular complexity index is 920. The van der Waals surface area contributed by atoms with Gasteiger partial charge in [-0.2, -0.15) is 0 Å². The summed E-state index contributed by atoms with van der Waals surface area (Å²) in [6, 6.07) is 16.7. The first-order valence-corrected chi connectivity index (χ1v) is 10.5. The van der Waals surface area contributed by atoms with Gasteiger partial charge in [0.1, 0.15) is 0 Å². The number of hydrogen-bond donors (Lipinski definition) is 0. The summed E-state index contributed by atoms with van der Waals surface area (Å²) in [6.07, 6.45) is 3.53. The average Bonchev–Trinajstić information content (AvgIpc) is 2.98. The van der Waals surface area contributed by atoms with E-state index in [-0.39, 0.29) is 0 Å². The predicted molar refractivity (Wildman–Crippen MR) is 118 cm³/mol. The minimum atomic E-state index is 0.728. The van der Waals surface area contributed by atoms with E-state index in [1.165, 1.54) is 16.7 Å². The molecule has 0 N–H and O–H groups in total. The van der Waals surface area contributed by atoms with Gasteiger partial charge in [0.05, 0.1) is 5.71 Å². The van der Waals surface area contributed by atoms with Crippen molar-refractivity contribution in [3.05, 3.63) is 87.9 Å². The zero-order chi connectivity index (χ0) is 20.1. The molecule has 2 aromatic rings. The molecule has 1 saturated heterocycles. The first-order chi connectivity index (χ1) is 14.2. The van der Waals surface area contributed by atoms with E-state index in [0.29, 0.717) is 0 Å². The number of hydrogen-bond acceptors (Lipinski definition) is 4. The highest BCUT2D eigenvalue weighted by Gasteiger charge is 2.21. The normalized spacial score (nSPS) is 17.4. The minimum Gasteiger partial charge on any atom is -0.331 e. The van der Waals surface area contributed by atoms with Crippen LogP contribution in [0.1, 0.15) is 23.1 Å². The second-order valence-electron chi connectivity index (χ2n) is 7.66. The fourth-order valence-corrected chi connectivity index (χ4v) is 3.71. The lowest BCUT2D eigenvalue weighted by atomic mass is 10.1. The summed E-state index contributed by atoms with van der Waals surface area (Å²) in [6.45, 7) is 6.97. The summed E-state index contributed by atoms with van der Waals surface area (Å²) in [5.41, 5.74) is 8.13. The summed E-state index contributed by atoms with van der Waals surface area (Å²) in [7, 11) is 0. The highest BCUT2D eigenvalue weighted by Crippen LogP contribution is 2.17. The second-order valence-corrected chi connectivity index (χ2v) is 8.10. The SMILES string of the molecule is Cc1ccc(CN2CCN(C3=C=CCC(Cc4ccc(Cl)cc4)=NO3)CC2)cc1. The molecule has 0 bridgehead atoms. The maximum Gasteiger partial charge on any atom is 0.269 e. The molecule has 0 atom stereocenters. The summed E-state index contributed by atoms with van der Waals surface area (Å²) < 4.78 is 0. The van der Waals surface area contributed by atoms with E-state index in [9.17, 15) is 0 Å². The third kappa shape index (κ3) is 5.51. The number of rotatable bonds is 5. The van der Waals surface area contributed by atoms with Crippen molar-refractivity contribution in [2.75, 3.05) is 26.2 Å². The second kappa shape index (κ2) is 9.32. The molecule has 2 aliphatic heterocycles. The number of oxime groups is 1. The van der Waals surface area contributed by atoms with Gasteiger partial charge in [-0.1, -0.05) is 64.4 Å². The largest absolute Gasteiger partial charge is 0.331 e. The van der Waals surface area contributed by atoms with Gasteiger partial charge >= 0.3 is 0 Å². The molecule has 0 spiro atoms. The Morgan fingerprint density at radius 2 is 1.66 bits per heavy atom. The molecular weight excluding hydrogens is 382 g/mol. The van der Waals surface area contributed by atoms with Gasteiger partial charge in [-0.3, -0.25) is 4.90 Å². The van der Waals surface area contributed by atoms with Crippen molar-refractivity contribution in [3.63, 3.8) is 0 Å². The van der Waals surface area contributed by atoms with Crippen molar-refractivity contribution in [1.82, 2.24) is 9.80 Å². The van der Waals surface area contributed by atoms with Gasteiger partial charge in [-0.15, -0.1) is 0 Å². The Morgan fingerprint density at radius 3 is 2.38 bits per heavy atom. The summed E-state index contributed by atoms with van der Waals surface area (Å²) in [5, 5.41) is 5.14. The van der Waals surface area contributed by atoms with Gasteiger partial charge in [-0.05, 0) is 36.3 Å². The van der Waals surface area contributed by atoms with Crippen LogP contribution in [-0.4, -0.2) is 41.7 Å². The molecule has 4 nitrogen and oxygen atoms in total. The van der Waals surface area contributed by atoms with E-state index >= 15 is 0 Å². The van der Waals surface area contributed by atoms with Crippen molar-refractivity contribution in [3.8, 4) is 0 Å². The fourth-order valence-electron chi connectivity index (χ4n) is 3.58. The highest BCUT2D eigenvalue weighted by molar-refractivity contribution is 6.30. The molecule has 4 rings (SSSR count). The average molecular weight is 408 g/mol. The molecule has 0 amide bonds. The van der Waals surface area contributed by atoms with Crippen LogP contribution in [0.15, 0.2) is 71.4 Å². The van der Waals surface area contributed by atoms with Crippen LogP contribution in [0.25, 0.3) is 0 Å². The molecule has 1 fully saturated rings. The zero-order valence-electron chi connectivity index (χ0n) is 16.8. The molecule has 0 aliphatic carbocycles. The minimum absolute atomic E-state index is 0.728. The quantitative estimate of drug-likeness (QED) is 0.667. The van der Waals surface area contributed by atoms with Crippen LogP contribution in [0.4, 0.5) is 0 Å². The lowest BCUT2D eigenvalue weighted by molar-refractivity contribution is 0.0721. The van der Waals surface area contributed by atoms with Crippen LogP contribution in [-0.2, 0) is 17.8 Å². The Morgan fingerprint density at radius 1 is 0.966 bits per heavy atom. The van der Waals surface area contributed by atoms with E-state index in [4.69, 9.17) is 16.4 Å². The van der Waals surface area contributed by atoms with E-state index < -0.39 is 0 Å². The highest BCUT2D eigenvalue weighted by atomic mass is 35.5. The molecule has 2 heterocycles. The monoisotopic (exact) mass is 407 g/mol. The maximum atomic E-state index is 5.96. The summed E-state index contributed by atoms with van der Waals surface area (Å²) >= 11 is 5.96. The molecule has 5 heteroatoms. The zero-order valence-corrected chi connectivity index (χ0v) is 17.5. The van der Waals surface area contributed by atoms with E-state index in [1.54, 1.807) is 0 Å². The Kier molecular flexibility index (Phi) is 6.36. The third-order valence-electron chi connectivity index (χ3n) is 5.33. The van der Waals surface area contributed by atoms with Crippen molar-refractivity contribution in [2.45, 2.75) is 26.3 Å². The smallest absolute Gasteiger partial charge is 0.269 e. The van der Waals surface area contributed by atoms with Crippen molar-refractivity contribution < 1.29 is 4.84 Å². The van der Waals surface area contributed by atoms with E-state index in [0.717, 1.165) is 62.2 Å². The Hall–Kier alpha value is -2.52. The molecule has 0 aromatic heterocycles. The third-order valence-corrected chi connectivity index (χ3v) is 5.58. The lowest BCUT2D eigenvalue weighted by Gasteiger charge is -2.35. The Labute approximate surface area is 177 Å². The lowest BCUT2D eigenvalue weighted by Crippen LogP contribution is -2.45. The predicted octanol–water partition coefficient (Wildman–Crippen LogP) is 4.78. The number of nitrogens with zero attached hydrogens (tertiary/aromatic N) is 3. The van der Waals surface area contributed by atoms with Gasteiger partial charge in [0.2, 0.25) is 0 Å². The van der Waals surface area contributed by atoms with Gasteiger partial charge in [0, 0.05) is 50.6 Å². The van der Waals surface area contributed by atoms with Crippen LogP contribution in [0.3, 0.4) is 0 Å². The van der Waals surface area contributed by atoms with Gasteiger partial charge < -0.3 is 9.74 Å².